The highest BCUT2D eigenvalue weighted by atomic mass is 16.3. The van der Waals surface area contributed by atoms with Crippen molar-refractivity contribution in [2.24, 2.45) is 0 Å². The molecule has 0 aromatic heterocycles. The van der Waals surface area contributed by atoms with E-state index < -0.39 is 0 Å². The second-order valence-corrected chi connectivity index (χ2v) is 6.13. The monoisotopic (exact) mass is 284 g/mol. The van der Waals surface area contributed by atoms with Crippen LogP contribution in [0, 0.1) is 0 Å². The minimum absolute atomic E-state index is 0.400. The fourth-order valence-corrected chi connectivity index (χ4v) is 3.28. The SMILES string of the molecule is CN(Cc1c(O)ccc2ccccc12)CC1CCCCN1. The highest BCUT2D eigenvalue weighted by Crippen LogP contribution is 2.28. The second-order valence-electron chi connectivity index (χ2n) is 6.13. The molecule has 0 spiro atoms. The fourth-order valence-electron chi connectivity index (χ4n) is 3.28. The first-order valence-corrected chi connectivity index (χ1v) is 7.85. The molecule has 2 aromatic carbocycles. The summed E-state index contributed by atoms with van der Waals surface area (Å²) in [5, 5.41) is 16.1. The minimum Gasteiger partial charge on any atom is -0.508 e. The molecule has 1 aliphatic rings. The summed E-state index contributed by atoms with van der Waals surface area (Å²) in [5.41, 5.74) is 1.03. The van der Waals surface area contributed by atoms with Crippen LogP contribution in [-0.4, -0.2) is 36.2 Å². The van der Waals surface area contributed by atoms with E-state index in [0.717, 1.165) is 30.6 Å². The van der Waals surface area contributed by atoms with Crippen molar-refractivity contribution < 1.29 is 5.11 Å². The van der Waals surface area contributed by atoms with Gasteiger partial charge < -0.3 is 15.3 Å². The van der Waals surface area contributed by atoms with Crippen LogP contribution in [0.3, 0.4) is 0 Å². The Hall–Kier alpha value is -1.58. The molecule has 3 heteroatoms. The molecule has 1 saturated heterocycles. The van der Waals surface area contributed by atoms with Crippen LogP contribution in [0.4, 0.5) is 0 Å². The van der Waals surface area contributed by atoms with Crippen LogP contribution in [0.1, 0.15) is 24.8 Å². The van der Waals surface area contributed by atoms with Crippen molar-refractivity contribution in [1.82, 2.24) is 10.2 Å². The quantitative estimate of drug-likeness (QED) is 0.905. The molecule has 0 saturated carbocycles. The summed E-state index contributed by atoms with van der Waals surface area (Å²) in [5.74, 6) is 0.400. The molecule has 2 aromatic rings. The molecule has 0 bridgehead atoms. The lowest BCUT2D eigenvalue weighted by Gasteiger charge is -2.28. The number of piperidine rings is 1. The van der Waals surface area contributed by atoms with Gasteiger partial charge in [0.15, 0.2) is 0 Å². The van der Waals surface area contributed by atoms with Gasteiger partial charge in [0.2, 0.25) is 0 Å². The first kappa shape index (κ1) is 14.4. The third-order valence-electron chi connectivity index (χ3n) is 4.39. The van der Waals surface area contributed by atoms with Gasteiger partial charge in [-0.2, -0.15) is 0 Å². The second kappa shape index (κ2) is 6.46. The Bertz CT molecular complexity index is 605. The molecule has 1 atom stereocenters. The summed E-state index contributed by atoms with van der Waals surface area (Å²) < 4.78 is 0. The van der Waals surface area contributed by atoms with Gasteiger partial charge in [-0.15, -0.1) is 0 Å². The van der Waals surface area contributed by atoms with Crippen molar-refractivity contribution in [1.29, 1.82) is 0 Å². The maximum atomic E-state index is 10.2. The van der Waals surface area contributed by atoms with E-state index in [4.69, 9.17) is 0 Å². The predicted octanol–water partition coefficient (Wildman–Crippen LogP) is 3.12. The van der Waals surface area contributed by atoms with E-state index in [-0.39, 0.29) is 0 Å². The number of nitrogens with zero attached hydrogens (tertiary/aromatic N) is 1. The summed E-state index contributed by atoms with van der Waals surface area (Å²) in [6.07, 6.45) is 3.88. The van der Waals surface area contributed by atoms with Gasteiger partial charge in [-0.05, 0) is 43.3 Å². The first-order chi connectivity index (χ1) is 10.2. The summed E-state index contributed by atoms with van der Waals surface area (Å²) in [7, 11) is 2.14. The Morgan fingerprint density at radius 1 is 1.19 bits per heavy atom. The number of nitrogens with one attached hydrogen (secondary N) is 1. The molecule has 112 valence electrons. The topological polar surface area (TPSA) is 35.5 Å². The van der Waals surface area contributed by atoms with Crippen LogP contribution < -0.4 is 5.32 Å². The number of hydrogen-bond donors (Lipinski definition) is 2. The lowest BCUT2D eigenvalue weighted by atomic mass is 10.0. The average Bonchev–Trinajstić information content (AvgIpc) is 2.51. The van der Waals surface area contributed by atoms with Crippen molar-refractivity contribution >= 4 is 10.8 Å². The number of aromatic hydroxyl groups is 1. The highest BCUT2D eigenvalue weighted by Gasteiger charge is 2.16. The fraction of sp³-hybridized carbons (Fsp3) is 0.444. The average molecular weight is 284 g/mol. The van der Waals surface area contributed by atoms with E-state index >= 15 is 0 Å². The van der Waals surface area contributed by atoms with E-state index in [0.29, 0.717) is 11.8 Å². The van der Waals surface area contributed by atoms with E-state index in [2.05, 4.69) is 29.4 Å². The van der Waals surface area contributed by atoms with Crippen molar-refractivity contribution in [3.05, 3.63) is 42.0 Å². The molecule has 0 amide bonds. The number of fused-ring (bicyclic) bond motifs is 1. The third kappa shape index (κ3) is 3.36. The molecule has 21 heavy (non-hydrogen) atoms. The van der Waals surface area contributed by atoms with Crippen molar-refractivity contribution in [2.45, 2.75) is 31.8 Å². The van der Waals surface area contributed by atoms with Crippen molar-refractivity contribution in [2.75, 3.05) is 20.1 Å². The predicted molar refractivity (Wildman–Crippen MR) is 87.6 cm³/mol. The maximum absolute atomic E-state index is 10.2. The van der Waals surface area contributed by atoms with Gasteiger partial charge in [0.1, 0.15) is 5.75 Å². The number of rotatable bonds is 4. The smallest absolute Gasteiger partial charge is 0.120 e. The standard InChI is InChI=1S/C18H24N2O/c1-20(12-15-7-4-5-11-19-15)13-17-16-8-3-2-6-14(16)9-10-18(17)21/h2-3,6,8-10,15,19,21H,4-5,7,11-13H2,1H3. The molecule has 0 radical (unpaired) electrons. The summed E-state index contributed by atoms with van der Waals surface area (Å²) >= 11 is 0. The Morgan fingerprint density at radius 2 is 2.05 bits per heavy atom. The van der Waals surface area contributed by atoms with Crippen molar-refractivity contribution in [3.8, 4) is 5.75 Å². The molecule has 1 fully saturated rings. The van der Waals surface area contributed by atoms with E-state index in [1.54, 1.807) is 0 Å². The van der Waals surface area contributed by atoms with Crippen LogP contribution in [0.5, 0.6) is 5.75 Å². The first-order valence-electron chi connectivity index (χ1n) is 7.85. The normalized spacial score (nSPS) is 19.2. The lowest BCUT2D eigenvalue weighted by Crippen LogP contribution is -2.42. The number of likely N-dealkylation sites (N-methyl/N-ethyl adjacent to an activating group) is 1. The Morgan fingerprint density at radius 3 is 2.86 bits per heavy atom. The van der Waals surface area contributed by atoms with E-state index in [1.807, 2.05) is 24.3 Å². The summed E-state index contributed by atoms with van der Waals surface area (Å²) in [4.78, 5) is 2.31. The van der Waals surface area contributed by atoms with Gasteiger partial charge in [-0.3, -0.25) is 0 Å². The van der Waals surface area contributed by atoms with Crippen LogP contribution in [0.2, 0.25) is 0 Å². The largest absolute Gasteiger partial charge is 0.508 e. The van der Waals surface area contributed by atoms with Gasteiger partial charge in [-0.25, -0.2) is 0 Å². The number of hydrogen-bond acceptors (Lipinski definition) is 3. The van der Waals surface area contributed by atoms with Gasteiger partial charge in [0.05, 0.1) is 0 Å². The molecular weight excluding hydrogens is 260 g/mol. The highest BCUT2D eigenvalue weighted by molar-refractivity contribution is 5.87. The molecule has 1 aliphatic heterocycles. The number of benzene rings is 2. The van der Waals surface area contributed by atoms with Gasteiger partial charge >= 0.3 is 0 Å². The Labute approximate surface area is 126 Å². The van der Waals surface area contributed by atoms with Crippen LogP contribution in [0.25, 0.3) is 10.8 Å². The molecule has 1 heterocycles. The van der Waals surface area contributed by atoms with Crippen LogP contribution in [-0.2, 0) is 6.54 Å². The summed E-state index contributed by atoms with van der Waals surface area (Å²) in [6.45, 7) is 2.95. The Kier molecular flexibility index (Phi) is 4.42. The maximum Gasteiger partial charge on any atom is 0.120 e. The zero-order valence-corrected chi connectivity index (χ0v) is 12.7. The summed E-state index contributed by atoms with van der Waals surface area (Å²) in [6, 6.07) is 12.6. The Balaban J connectivity index is 1.75. The molecule has 1 unspecified atom stereocenters. The van der Waals surface area contributed by atoms with Crippen LogP contribution >= 0.6 is 0 Å². The molecule has 0 aliphatic carbocycles. The van der Waals surface area contributed by atoms with Gasteiger partial charge in [-0.1, -0.05) is 36.8 Å². The van der Waals surface area contributed by atoms with E-state index in [9.17, 15) is 5.11 Å². The van der Waals surface area contributed by atoms with E-state index in [1.165, 1.54) is 24.6 Å². The van der Waals surface area contributed by atoms with Crippen LogP contribution in [0.15, 0.2) is 36.4 Å². The molecule has 3 rings (SSSR count). The zero-order valence-electron chi connectivity index (χ0n) is 12.7. The minimum atomic E-state index is 0.400. The lowest BCUT2D eigenvalue weighted by molar-refractivity contribution is 0.255. The molecule has 3 nitrogen and oxygen atoms in total. The van der Waals surface area contributed by atoms with Crippen molar-refractivity contribution in [3.63, 3.8) is 0 Å². The molecular formula is C18H24N2O. The number of phenolic OH excluding ortho intramolecular Hbond substituents is 1. The third-order valence-corrected chi connectivity index (χ3v) is 4.39. The van der Waals surface area contributed by atoms with Gasteiger partial charge in [0, 0.05) is 24.7 Å². The van der Waals surface area contributed by atoms with Gasteiger partial charge in [0.25, 0.3) is 0 Å². The zero-order chi connectivity index (χ0) is 14.7. The molecule has 2 N–H and O–H groups in total. The number of phenols is 1.